The van der Waals surface area contributed by atoms with Crippen molar-refractivity contribution in [3.05, 3.63) is 0 Å². The van der Waals surface area contributed by atoms with Gasteiger partial charge in [0.25, 0.3) is 0 Å². The minimum absolute atomic E-state index is 0.146. The molecule has 0 bridgehead atoms. The van der Waals surface area contributed by atoms with Crippen LogP contribution in [0.4, 0.5) is 0 Å². The van der Waals surface area contributed by atoms with E-state index in [1.165, 1.54) is 32.1 Å². The zero-order valence-electron chi connectivity index (χ0n) is 14.1. The van der Waals surface area contributed by atoms with Gasteiger partial charge in [-0.15, -0.1) is 0 Å². The second kappa shape index (κ2) is 6.73. The van der Waals surface area contributed by atoms with E-state index in [1.54, 1.807) is 0 Å². The van der Waals surface area contributed by atoms with Gasteiger partial charge in [-0.05, 0) is 24.7 Å². The minimum Gasteiger partial charge on any atom is -0.397 e. The molecular formula is C16H34O2Si. The molecule has 0 radical (unpaired) electrons. The smallest absolute Gasteiger partial charge is 0.346 e. The zero-order valence-corrected chi connectivity index (χ0v) is 15.1. The van der Waals surface area contributed by atoms with Gasteiger partial charge in [0.15, 0.2) is 0 Å². The van der Waals surface area contributed by atoms with E-state index in [4.69, 9.17) is 8.85 Å². The summed E-state index contributed by atoms with van der Waals surface area (Å²) < 4.78 is 12.4. The van der Waals surface area contributed by atoms with Crippen LogP contribution in [0, 0.1) is 11.8 Å². The van der Waals surface area contributed by atoms with E-state index < -0.39 is 8.56 Å². The summed E-state index contributed by atoms with van der Waals surface area (Å²) in [5, 5.41) is 0.146. The van der Waals surface area contributed by atoms with Gasteiger partial charge < -0.3 is 8.85 Å². The van der Waals surface area contributed by atoms with Gasteiger partial charge in [-0.25, -0.2) is 0 Å². The highest BCUT2D eigenvalue weighted by molar-refractivity contribution is 6.72. The van der Waals surface area contributed by atoms with Gasteiger partial charge in [-0.2, -0.15) is 0 Å². The second-order valence-corrected chi connectivity index (χ2v) is 11.4. The van der Waals surface area contributed by atoms with Crippen LogP contribution < -0.4 is 0 Å². The molecule has 19 heavy (non-hydrogen) atoms. The van der Waals surface area contributed by atoms with Crippen molar-refractivity contribution >= 4 is 8.56 Å². The first kappa shape index (κ1) is 17.2. The van der Waals surface area contributed by atoms with Gasteiger partial charge in [0, 0.05) is 24.8 Å². The molecule has 1 rings (SSSR count). The Kier molecular flexibility index (Phi) is 6.09. The van der Waals surface area contributed by atoms with Crippen molar-refractivity contribution in [3.63, 3.8) is 0 Å². The molecule has 3 heteroatoms. The topological polar surface area (TPSA) is 18.5 Å². The van der Waals surface area contributed by atoms with Crippen molar-refractivity contribution in [2.45, 2.75) is 77.3 Å². The van der Waals surface area contributed by atoms with Gasteiger partial charge in [-0.1, -0.05) is 53.9 Å². The predicted molar refractivity (Wildman–Crippen MR) is 84.7 cm³/mol. The Morgan fingerprint density at radius 1 is 0.947 bits per heavy atom. The minimum atomic E-state index is -2.20. The third-order valence-corrected chi connectivity index (χ3v) is 10.9. The van der Waals surface area contributed by atoms with Crippen molar-refractivity contribution in [2.24, 2.45) is 11.8 Å². The molecule has 0 amide bonds. The van der Waals surface area contributed by atoms with Crippen LogP contribution in [0.2, 0.25) is 10.6 Å². The van der Waals surface area contributed by atoms with Crippen molar-refractivity contribution in [1.82, 2.24) is 0 Å². The molecule has 0 aromatic rings. The van der Waals surface area contributed by atoms with Crippen molar-refractivity contribution in [2.75, 3.05) is 14.2 Å². The van der Waals surface area contributed by atoms with Gasteiger partial charge in [0.1, 0.15) is 0 Å². The van der Waals surface area contributed by atoms with Crippen LogP contribution in [-0.2, 0) is 8.85 Å². The van der Waals surface area contributed by atoms with E-state index >= 15 is 0 Å². The first-order valence-electron chi connectivity index (χ1n) is 7.93. The summed E-state index contributed by atoms with van der Waals surface area (Å²) in [6, 6.07) is 0. The quantitative estimate of drug-likeness (QED) is 0.630. The van der Waals surface area contributed by atoms with E-state index in [9.17, 15) is 0 Å². The fourth-order valence-electron chi connectivity index (χ4n) is 4.10. The monoisotopic (exact) mass is 286 g/mol. The van der Waals surface area contributed by atoms with Gasteiger partial charge >= 0.3 is 8.56 Å². The lowest BCUT2D eigenvalue weighted by atomic mass is 9.86. The molecule has 0 saturated heterocycles. The third kappa shape index (κ3) is 3.08. The number of rotatable bonds is 6. The summed E-state index contributed by atoms with van der Waals surface area (Å²) in [6.07, 6.45) is 6.66. The second-order valence-electron chi connectivity index (χ2n) is 7.17. The largest absolute Gasteiger partial charge is 0.397 e. The molecular weight excluding hydrogens is 252 g/mol. The van der Waals surface area contributed by atoms with Crippen LogP contribution in [0.1, 0.15) is 66.7 Å². The van der Waals surface area contributed by atoms with E-state index in [-0.39, 0.29) is 5.04 Å². The van der Waals surface area contributed by atoms with Crippen LogP contribution in [-0.4, -0.2) is 22.8 Å². The van der Waals surface area contributed by atoms with Crippen LogP contribution in [0.25, 0.3) is 0 Å². The van der Waals surface area contributed by atoms with Gasteiger partial charge in [-0.3, -0.25) is 0 Å². The Morgan fingerprint density at radius 3 is 1.79 bits per heavy atom. The zero-order chi connectivity index (χ0) is 14.7. The molecule has 0 heterocycles. The average Bonchev–Trinajstić information content (AvgIpc) is 2.40. The maximum Gasteiger partial charge on any atom is 0.346 e. The lowest BCUT2D eigenvalue weighted by molar-refractivity contribution is 0.153. The summed E-state index contributed by atoms with van der Waals surface area (Å²) in [4.78, 5) is 0. The van der Waals surface area contributed by atoms with Crippen LogP contribution >= 0.6 is 0 Å². The van der Waals surface area contributed by atoms with E-state index in [0.29, 0.717) is 17.4 Å². The molecule has 1 aliphatic carbocycles. The fraction of sp³-hybridized carbons (Fsp3) is 1.00. The maximum absolute atomic E-state index is 6.18. The predicted octanol–water partition coefficient (Wildman–Crippen LogP) is 5.13. The molecule has 1 fully saturated rings. The molecule has 1 unspecified atom stereocenters. The molecule has 1 atom stereocenters. The van der Waals surface area contributed by atoms with E-state index in [1.807, 2.05) is 14.2 Å². The molecule has 0 aliphatic heterocycles. The summed E-state index contributed by atoms with van der Waals surface area (Å²) in [5.74, 6) is 1.27. The summed E-state index contributed by atoms with van der Waals surface area (Å²) in [5.41, 5.74) is 0.660. The summed E-state index contributed by atoms with van der Waals surface area (Å²) in [6.45, 7) is 11.8. The Bertz CT molecular complexity index is 266. The number of hydrogen-bond acceptors (Lipinski definition) is 2. The van der Waals surface area contributed by atoms with E-state index in [0.717, 1.165) is 0 Å². The SMILES string of the molecule is CO[Si](OC)(C1CCCCC1)C(C)(C)C(C)C(C)C. The molecule has 1 saturated carbocycles. The molecule has 0 aromatic heterocycles. The highest BCUT2D eigenvalue weighted by atomic mass is 28.4. The molecule has 1 aliphatic rings. The highest BCUT2D eigenvalue weighted by Gasteiger charge is 2.58. The molecule has 0 aromatic carbocycles. The Morgan fingerprint density at radius 2 is 1.42 bits per heavy atom. The average molecular weight is 287 g/mol. The molecule has 114 valence electrons. The lowest BCUT2D eigenvalue weighted by Crippen LogP contribution is -2.57. The Labute approximate surface area is 121 Å². The summed E-state index contributed by atoms with van der Waals surface area (Å²) in [7, 11) is 1.58. The van der Waals surface area contributed by atoms with Crippen molar-refractivity contribution < 1.29 is 8.85 Å². The normalized spacial score (nSPS) is 20.8. The maximum atomic E-state index is 6.18. The molecule has 2 nitrogen and oxygen atoms in total. The molecule has 0 spiro atoms. The van der Waals surface area contributed by atoms with Crippen LogP contribution in [0.3, 0.4) is 0 Å². The lowest BCUT2D eigenvalue weighted by Gasteiger charge is -2.51. The fourth-order valence-corrected chi connectivity index (χ4v) is 9.18. The summed E-state index contributed by atoms with van der Waals surface area (Å²) >= 11 is 0. The third-order valence-electron chi connectivity index (χ3n) is 5.79. The Hall–Kier alpha value is 0.137. The van der Waals surface area contributed by atoms with Crippen molar-refractivity contribution in [3.8, 4) is 0 Å². The number of hydrogen-bond donors (Lipinski definition) is 0. The van der Waals surface area contributed by atoms with Gasteiger partial charge in [0.05, 0.1) is 0 Å². The standard InChI is InChI=1S/C16H34O2Si/c1-13(2)14(3)16(4,5)19(17-6,18-7)15-11-9-8-10-12-15/h13-15H,8-12H2,1-7H3. The van der Waals surface area contributed by atoms with Gasteiger partial charge in [0.2, 0.25) is 0 Å². The van der Waals surface area contributed by atoms with Crippen molar-refractivity contribution in [1.29, 1.82) is 0 Å². The first-order valence-corrected chi connectivity index (χ1v) is 9.83. The van der Waals surface area contributed by atoms with E-state index in [2.05, 4.69) is 34.6 Å². The van der Waals surface area contributed by atoms with Crippen LogP contribution in [0.15, 0.2) is 0 Å². The highest BCUT2D eigenvalue weighted by Crippen LogP contribution is 2.55. The molecule has 0 N–H and O–H groups in total. The Balaban J connectivity index is 3.08. The first-order chi connectivity index (χ1) is 8.83. The van der Waals surface area contributed by atoms with Crippen LogP contribution in [0.5, 0.6) is 0 Å².